The second-order valence-electron chi connectivity index (χ2n) is 2.46. The molecule has 1 amide bonds. The van der Waals surface area contributed by atoms with Crippen LogP contribution in [0.5, 0.6) is 5.75 Å². The minimum absolute atomic E-state index is 0.104. The van der Waals surface area contributed by atoms with Crippen LogP contribution >= 0.6 is 0 Å². The van der Waals surface area contributed by atoms with Crippen molar-refractivity contribution < 1.29 is 14.7 Å². The lowest BCUT2D eigenvalue weighted by Crippen LogP contribution is -2.35. The lowest BCUT2D eigenvalue weighted by atomic mass is 10.2. The maximum Gasteiger partial charge on any atom is 0.288 e. The van der Waals surface area contributed by atoms with Crippen molar-refractivity contribution in [2.24, 2.45) is 0 Å². The molecular weight excluding hydrogens is 158 g/mol. The molecule has 0 aliphatic carbocycles. The van der Waals surface area contributed by atoms with Gasteiger partial charge in [0, 0.05) is 0 Å². The van der Waals surface area contributed by atoms with Gasteiger partial charge in [-0.25, -0.2) is 0 Å². The molecule has 0 saturated heterocycles. The second kappa shape index (κ2) is 2.49. The Labute approximate surface area is 68.9 Å². The van der Waals surface area contributed by atoms with Crippen molar-refractivity contribution in [2.45, 2.75) is 0 Å². The first-order valence-electron chi connectivity index (χ1n) is 3.53. The van der Waals surface area contributed by atoms with Crippen molar-refractivity contribution in [1.82, 2.24) is 0 Å². The molecule has 4 nitrogen and oxygen atoms in total. The Morgan fingerprint density at radius 3 is 3.00 bits per heavy atom. The summed E-state index contributed by atoms with van der Waals surface area (Å²) in [5.41, 5.74) is 0.397. The van der Waals surface area contributed by atoms with E-state index in [4.69, 9.17) is 4.74 Å². The van der Waals surface area contributed by atoms with Crippen molar-refractivity contribution >= 4 is 11.6 Å². The number of rotatable bonds is 0. The Hall–Kier alpha value is -1.55. The summed E-state index contributed by atoms with van der Waals surface area (Å²) in [7, 11) is 0. The number of anilines is 1. The van der Waals surface area contributed by atoms with Gasteiger partial charge in [0.15, 0.2) is 6.61 Å². The topological polar surface area (TPSA) is 49.8 Å². The normalized spacial score (nSPS) is 15.4. The van der Waals surface area contributed by atoms with Crippen LogP contribution in [0.3, 0.4) is 0 Å². The molecule has 0 saturated carbocycles. The Morgan fingerprint density at radius 2 is 2.17 bits per heavy atom. The van der Waals surface area contributed by atoms with Crippen LogP contribution < -0.4 is 9.80 Å². The number of ether oxygens (including phenoxy) is 1. The van der Waals surface area contributed by atoms with E-state index in [-0.39, 0.29) is 6.61 Å². The summed E-state index contributed by atoms with van der Waals surface area (Å²) in [5.74, 6) is 0.0771. The number of nitrogens with zero attached hydrogens (tertiary/aromatic N) is 1. The SMILES string of the molecule is O=C1COc2ccccc2N1O. The van der Waals surface area contributed by atoms with E-state index in [1.807, 2.05) is 0 Å². The van der Waals surface area contributed by atoms with Gasteiger partial charge in [-0.2, -0.15) is 5.06 Å². The van der Waals surface area contributed by atoms with E-state index >= 15 is 0 Å². The molecule has 1 aliphatic heterocycles. The number of amides is 1. The maximum atomic E-state index is 10.9. The molecule has 0 aromatic heterocycles. The summed E-state index contributed by atoms with van der Waals surface area (Å²) in [6, 6.07) is 6.82. The standard InChI is InChI=1S/C8H7NO3/c10-8-5-12-7-4-2-1-3-6(7)9(8)11/h1-4,11H,5H2. The highest BCUT2D eigenvalue weighted by molar-refractivity contribution is 5.95. The molecule has 0 bridgehead atoms. The summed E-state index contributed by atoms with van der Waals surface area (Å²) < 4.78 is 5.05. The van der Waals surface area contributed by atoms with Crippen LogP contribution in [-0.4, -0.2) is 17.7 Å². The predicted octanol–water partition coefficient (Wildman–Crippen LogP) is 0.801. The van der Waals surface area contributed by atoms with E-state index in [2.05, 4.69) is 0 Å². The van der Waals surface area contributed by atoms with Crippen LogP contribution in [0, 0.1) is 0 Å². The van der Waals surface area contributed by atoms with E-state index < -0.39 is 5.91 Å². The van der Waals surface area contributed by atoms with Crippen LogP contribution in [0.1, 0.15) is 0 Å². The van der Waals surface area contributed by atoms with E-state index in [1.165, 1.54) is 0 Å². The Balaban J connectivity index is 2.48. The molecule has 0 fully saturated rings. The lowest BCUT2D eigenvalue weighted by Gasteiger charge is -2.23. The highest BCUT2D eigenvalue weighted by Crippen LogP contribution is 2.29. The molecule has 4 heteroatoms. The predicted molar refractivity (Wildman–Crippen MR) is 41.2 cm³/mol. The average Bonchev–Trinajstić information content (AvgIpc) is 2.12. The van der Waals surface area contributed by atoms with E-state index in [0.717, 1.165) is 0 Å². The number of benzene rings is 1. The molecule has 1 aliphatic rings. The third-order valence-electron chi connectivity index (χ3n) is 1.68. The van der Waals surface area contributed by atoms with Gasteiger partial charge < -0.3 is 4.74 Å². The van der Waals surface area contributed by atoms with Gasteiger partial charge in [-0.15, -0.1) is 0 Å². The number of fused-ring (bicyclic) bond motifs is 1. The summed E-state index contributed by atoms with van der Waals surface area (Å²) in [4.78, 5) is 10.9. The number of hydrogen-bond acceptors (Lipinski definition) is 3. The Kier molecular flexibility index (Phi) is 1.48. The molecule has 0 spiro atoms. The van der Waals surface area contributed by atoms with Crippen LogP contribution in [0.15, 0.2) is 24.3 Å². The fourth-order valence-electron chi connectivity index (χ4n) is 1.09. The van der Waals surface area contributed by atoms with Crippen molar-refractivity contribution in [1.29, 1.82) is 0 Å². The molecule has 12 heavy (non-hydrogen) atoms. The first kappa shape index (κ1) is 7.12. The molecule has 1 aromatic rings. The van der Waals surface area contributed by atoms with Crippen molar-refractivity contribution in [3.05, 3.63) is 24.3 Å². The number of hydrogen-bond donors (Lipinski definition) is 1. The smallest absolute Gasteiger partial charge is 0.288 e. The quantitative estimate of drug-likeness (QED) is 0.578. The summed E-state index contributed by atoms with van der Waals surface area (Å²) in [6.45, 7) is -0.104. The van der Waals surface area contributed by atoms with E-state index in [9.17, 15) is 10.0 Å². The third-order valence-corrected chi connectivity index (χ3v) is 1.68. The summed E-state index contributed by atoms with van der Waals surface area (Å²) in [5, 5.41) is 9.84. The fourth-order valence-corrected chi connectivity index (χ4v) is 1.09. The van der Waals surface area contributed by atoms with Crippen molar-refractivity contribution in [2.75, 3.05) is 11.7 Å². The lowest BCUT2D eigenvalue weighted by molar-refractivity contribution is -0.126. The minimum atomic E-state index is -0.450. The highest BCUT2D eigenvalue weighted by Gasteiger charge is 2.22. The number of carbonyl (C=O) groups excluding carboxylic acids is 1. The van der Waals surface area contributed by atoms with Gasteiger partial charge in [-0.05, 0) is 12.1 Å². The van der Waals surface area contributed by atoms with Gasteiger partial charge in [-0.3, -0.25) is 10.0 Å². The molecule has 0 radical (unpaired) electrons. The monoisotopic (exact) mass is 165 g/mol. The first-order chi connectivity index (χ1) is 5.79. The third kappa shape index (κ3) is 0.931. The van der Waals surface area contributed by atoms with Crippen LogP contribution in [0.25, 0.3) is 0 Å². The Morgan fingerprint density at radius 1 is 1.42 bits per heavy atom. The molecule has 0 unspecified atom stereocenters. The first-order valence-corrected chi connectivity index (χ1v) is 3.53. The molecule has 1 aromatic carbocycles. The average molecular weight is 165 g/mol. The summed E-state index contributed by atoms with van der Waals surface area (Å²) in [6.07, 6.45) is 0. The second-order valence-corrected chi connectivity index (χ2v) is 2.46. The van der Waals surface area contributed by atoms with Gasteiger partial charge >= 0.3 is 0 Å². The number of para-hydroxylation sites is 2. The van der Waals surface area contributed by atoms with Crippen molar-refractivity contribution in [3.8, 4) is 5.75 Å². The Bertz CT molecular complexity index is 324. The molecule has 1 N–H and O–H groups in total. The molecule has 62 valence electrons. The van der Waals surface area contributed by atoms with Gasteiger partial charge in [0.05, 0.1) is 0 Å². The maximum absolute atomic E-state index is 10.9. The molecule has 1 heterocycles. The molecule has 0 atom stereocenters. The number of hydroxylamine groups is 1. The van der Waals surface area contributed by atoms with Crippen LogP contribution in [0.4, 0.5) is 5.69 Å². The van der Waals surface area contributed by atoms with Gasteiger partial charge in [0.2, 0.25) is 0 Å². The zero-order valence-corrected chi connectivity index (χ0v) is 6.23. The van der Waals surface area contributed by atoms with E-state index in [0.29, 0.717) is 16.5 Å². The van der Waals surface area contributed by atoms with Gasteiger partial charge in [0.1, 0.15) is 11.4 Å². The summed E-state index contributed by atoms with van der Waals surface area (Å²) >= 11 is 0. The zero-order chi connectivity index (χ0) is 8.55. The molecule has 2 rings (SSSR count). The van der Waals surface area contributed by atoms with Crippen LogP contribution in [-0.2, 0) is 4.79 Å². The largest absolute Gasteiger partial charge is 0.481 e. The van der Waals surface area contributed by atoms with Crippen molar-refractivity contribution in [3.63, 3.8) is 0 Å². The van der Waals surface area contributed by atoms with Gasteiger partial charge in [-0.1, -0.05) is 12.1 Å². The zero-order valence-electron chi connectivity index (χ0n) is 6.23. The molecular formula is C8H7NO3. The van der Waals surface area contributed by atoms with Gasteiger partial charge in [0.25, 0.3) is 5.91 Å². The fraction of sp³-hybridized carbons (Fsp3) is 0.125. The minimum Gasteiger partial charge on any atom is -0.481 e. The van der Waals surface area contributed by atoms with Crippen LogP contribution in [0.2, 0.25) is 0 Å². The number of carbonyl (C=O) groups is 1. The van der Waals surface area contributed by atoms with E-state index in [1.54, 1.807) is 24.3 Å². The highest BCUT2D eigenvalue weighted by atomic mass is 16.5.